The Morgan fingerprint density at radius 2 is 2.12 bits per heavy atom. The van der Waals surface area contributed by atoms with Crippen molar-refractivity contribution in [2.75, 3.05) is 19.7 Å². The van der Waals surface area contributed by atoms with Crippen LogP contribution in [0.3, 0.4) is 0 Å². The molecule has 0 aliphatic carbocycles. The Bertz CT molecular complexity index is 236. The summed E-state index contributed by atoms with van der Waals surface area (Å²) in [7, 11) is 0. The minimum absolute atomic E-state index is 0.251. The lowest BCUT2D eigenvalue weighted by molar-refractivity contribution is -0.126. The highest BCUT2D eigenvalue weighted by molar-refractivity contribution is 5.81. The fraction of sp³-hybridized carbons (Fsp3) is 0.923. The number of hydrogen-bond acceptors (Lipinski definition) is 3. The molecule has 0 aromatic heterocycles. The second-order valence-corrected chi connectivity index (χ2v) is 5.57. The number of aliphatic hydroxyl groups is 1. The van der Waals surface area contributed by atoms with Crippen LogP contribution in [0, 0.1) is 5.41 Å². The number of carbonyl (C=O) groups excluding carboxylic acids is 1. The van der Waals surface area contributed by atoms with Crippen LogP contribution in [0.4, 0.5) is 0 Å². The van der Waals surface area contributed by atoms with Crippen molar-refractivity contribution in [3.05, 3.63) is 0 Å². The Kier molecular flexibility index (Phi) is 4.93. The summed E-state index contributed by atoms with van der Waals surface area (Å²) in [5.41, 5.74) is -0.259. The fourth-order valence-corrected chi connectivity index (χ4v) is 2.36. The summed E-state index contributed by atoms with van der Waals surface area (Å²) in [5.74, 6) is 0.251. The molecular weight excluding hydrogens is 202 g/mol. The summed E-state index contributed by atoms with van der Waals surface area (Å²) < 4.78 is 0. The summed E-state index contributed by atoms with van der Waals surface area (Å²) in [6, 6.07) is 0.470. The predicted octanol–water partition coefficient (Wildman–Crippen LogP) is 1.84. The summed E-state index contributed by atoms with van der Waals surface area (Å²) in [6.07, 6.45) is 4.47. The topological polar surface area (TPSA) is 40.5 Å². The molecule has 1 N–H and O–H groups in total. The molecule has 1 aliphatic rings. The quantitative estimate of drug-likeness (QED) is 0.779. The SMILES string of the molecule is CC(=O)C(C)(C)CN1CCCCC1CCO. The van der Waals surface area contributed by atoms with Crippen molar-refractivity contribution in [1.29, 1.82) is 0 Å². The summed E-state index contributed by atoms with van der Waals surface area (Å²) >= 11 is 0. The van der Waals surface area contributed by atoms with Crippen molar-refractivity contribution in [3.63, 3.8) is 0 Å². The van der Waals surface area contributed by atoms with Crippen LogP contribution in [0.25, 0.3) is 0 Å². The van der Waals surface area contributed by atoms with Crippen molar-refractivity contribution in [2.45, 2.75) is 52.5 Å². The van der Waals surface area contributed by atoms with Crippen molar-refractivity contribution in [1.82, 2.24) is 4.90 Å². The minimum Gasteiger partial charge on any atom is -0.396 e. The Balaban J connectivity index is 2.58. The van der Waals surface area contributed by atoms with Gasteiger partial charge in [0.05, 0.1) is 0 Å². The monoisotopic (exact) mass is 227 g/mol. The predicted molar refractivity (Wildman–Crippen MR) is 65.4 cm³/mol. The van der Waals surface area contributed by atoms with E-state index < -0.39 is 0 Å². The maximum Gasteiger partial charge on any atom is 0.136 e. The van der Waals surface area contributed by atoms with Gasteiger partial charge in [0.1, 0.15) is 5.78 Å². The van der Waals surface area contributed by atoms with Gasteiger partial charge in [-0.15, -0.1) is 0 Å². The standard InChI is InChI=1S/C13H25NO2/c1-11(16)13(2,3)10-14-8-5-4-6-12(14)7-9-15/h12,15H,4-10H2,1-3H3. The molecule has 16 heavy (non-hydrogen) atoms. The molecule has 3 nitrogen and oxygen atoms in total. The van der Waals surface area contributed by atoms with Gasteiger partial charge in [0, 0.05) is 24.6 Å². The molecule has 0 aromatic rings. The first-order valence-corrected chi connectivity index (χ1v) is 6.33. The third-order valence-electron chi connectivity index (χ3n) is 3.76. The van der Waals surface area contributed by atoms with E-state index >= 15 is 0 Å². The largest absolute Gasteiger partial charge is 0.396 e. The van der Waals surface area contributed by atoms with Gasteiger partial charge in [0.2, 0.25) is 0 Å². The van der Waals surface area contributed by atoms with Crippen LogP contribution in [-0.2, 0) is 4.79 Å². The average Bonchev–Trinajstić information content (AvgIpc) is 2.20. The van der Waals surface area contributed by atoms with E-state index in [0.29, 0.717) is 6.04 Å². The maximum atomic E-state index is 11.5. The van der Waals surface area contributed by atoms with Gasteiger partial charge >= 0.3 is 0 Å². The molecule has 3 heteroatoms. The molecular formula is C13H25NO2. The Hall–Kier alpha value is -0.410. The van der Waals surface area contributed by atoms with Crippen LogP contribution in [0.1, 0.15) is 46.5 Å². The second kappa shape index (κ2) is 5.78. The third kappa shape index (κ3) is 3.56. The molecule has 0 spiro atoms. The number of ketones is 1. The molecule has 0 amide bonds. The van der Waals surface area contributed by atoms with E-state index in [1.807, 2.05) is 13.8 Å². The van der Waals surface area contributed by atoms with Crippen LogP contribution in [0.5, 0.6) is 0 Å². The van der Waals surface area contributed by atoms with E-state index in [2.05, 4.69) is 4.90 Å². The van der Waals surface area contributed by atoms with Gasteiger partial charge in [-0.05, 0) is 32.7 Å². The number of carbonyl (C=O) groups is 1. The number of likely N-dealkylation sites (tertiary alicyclic amines) is 1. The van der Waals surface area contributed by atoms with Crippen LogP contribution in [-0.4, -0.2) is 41.5 Å². The van der Waals surface area contributed by atoms with E-state index in [0.717, 1.165) is 25.9 Å². The van der Waals surface area contributed by atoms with Gasteiger partial charge in [-0.2, -0.15) is 0 Å². The Morgan fingerprint density at radius 3 is 2.69 bits per heavy atom. The molecule has 0 aromatic carbocycles. The van der Waals surface area contributed by atoms with Gasteiger partial charge in [-0.3, -0.25) is 9.69 Å². The molecule has 1 rings (SSSR count). The number of piperidine rings is 1. The van der Waals surface area contributed by atoms with Crippen molar-refractivity contribution < 1.29 is 9.90 Å². The first kappa shape index (κ1) is 13.7. The lowest BCUT2D eigenvalue weighted by Crippen LogP contribution is -2.46. The smallest absolute Gasteiger partial charge is 0.136 e. The zero-order valence-electron chi connectivity index (χ0n) is 10.8. The summed E-state index contributed by atoms with van der Waals surface area (Å²) in [4.78, 5) is 13.9. The second-order valence-electron chi connectivity index (χ2n) is 5.57. The zero-order chi connectivity index (χ0) is 12.2. The molecule has 0 saturated carbocycles. The van der Waals surface area contributed by atoms with Crippen LogP contribution in [0.2, 0.25) is 0 Å². The normalized spacial score (nSPS) is 23.4. The van der Waals surface area contributed by atoms with Gasteiger partial charge in [-0.25, -0.2) is 0 Å². The number of aliphatic hydroxyl groups excluding tert-OH is 1. The highest BCUT2D eigenvalue weighted by Gasteiger charge is 2.31. The van der Waals surface area contributed by atoms with E-state index in [1.54, 1.807) is 6.92 Å². The molecule has 1 saturated heterocycles. The van der Waals surface area contributed by atoms with Crippen LogP contribution in [0.15, 0.2) is 0 Å². The molecule has 1 atom stereocenters. The number of Topliss-reactive ketones (excluding diaryl/α,β-unsaturated/α-hetero) is 1. The molecule has 1 fully saturated rings. The Morgan fingerprint density at radius 1 is 1.44 bits per heavy atom. The molecule has 1 heterocycles. The van der Waals surface area contributed by atoms with Gasteiger partial charge in [0.25, 0.3) is 0 Å². The van der Waals surface area contributed by atoms with Crippen LogP contribution < -0.4 is 0 Å². The highest BCUT2D eigenvalue weighted by Crippen LogP contribution is 2.25. The first-order valence-electron chi connectivity index (χ1n) is 6.33. The first-order chi connectivity index (χ1) is 7.47. The number of nitrogens with zero attached hydrogens (tertiary/aromatic N) is 1. The van der Waals surface area contributed by atoms with Gasteiger partial charge < -0.3 is 5.11 Å². The molecule has 1 unspecified atom stereocenters. The lowest BCUT2D eigenvalue weighted by atomic mass is 9.86. The number of hydrogen-bond donors (Lipinski definition) is 1. The van der Waals surface area contributed by atoms with E-state index in [9.17, 15) is 4.79 Å². The summed E-state index contributed by atoms with van der Waals surface area (Å²) in [6.45, 7) is 7.85. The summed E-state index contributed by atoms with van der Waals surface area (Å²) in [5, 5.41) is 9.05. The fourth-order valence-electron chi connectivity index (χ4n) is 2.36. The zero-order valence-corrected chi connectivity index (χ0v) is 10.8. The third-order valence-corrected chi connectivity index (χ3v) is 3.76. The van der Waals surface area contributed by atoms with E-state index in [4.69, 9.17) is 5.11 Å². The molecule has 94 valence electrons. The molecule has 0 bridgehead atoms. The highest BCUT2D eigenvalue weighted by atomic mass is 16.3. The van der Waals surface area contributed by atoms with E-state index in [1.165, 1.54) is 12.8 Å². The number of rotatable bonds is 5. The minimum atomic E-state index is -0.259. The van der Waals surface area contributed by atoms with E-state index in [-0.39, 0.29) is 17.8 Å². The van der Waals surface area contributed by atoms with Crippen molar-refractivity contribution in [2.24, 2.45) is 5.41 Å². The molecule has 0 radical (unpaired) electrons. The van der Waals surface area contributed by atoms with Crippen molar-refractivity contribution in [3.8, 4) is 0 Å². The van der Waals surface area contributed by atoms with Gasteiger partial charge in [0.15, 0.2) is 0 Å². The maximum absolute atomic E-state index is 11.5. The van der Waals surface area contributed by atoms with Crippen LogP contribution >= 0.6 is 0 Å². The Labute approximate surface area is 98.8 Å². The molecule has 1 aliphatic heterocycles. The lowest BCUT2D eigenvalue weighted by Gasteiger charge is -2.39. The van der Waals surface area contributed by atoms with Crippen molar-refractivity contribution >= 4 is 5.78 Å². The average molecular weight is 227 g/mol. The van der Waals surface area contributed by atoms with Gasteiger partial charge in [-0.1, -0.05) is 20.3 Å².